The zero-order valence-corrected chi connectivity index (χ0v) is 13.7. The van der Waals surface area contributed by atoms with Crippen molar-refractivity contribution in [1.82, 2.24) is 5.32 Å². The first-order valence-electron chi connectivity index (χ1n) is 6.91. The first-order chi connectivity index (χ1) is 8.45. The summed E-state index contributed by atoms with van der Waals surface area (Å²) < 4.78 is 5.47. The van der Waals surface area contributed by atoms with Gasteiger partial charge < -0.3 is 4.74 Å². The zero-order valence-electron chi connectivity index (χ0n) is 13.7. The highest BCUT2D eigenvalue weighted by molar-refractivity contribution is 5.02. The predicted octanol–water partition coefficient (Wildman–Crippen LogP) is 4.64. The van der Waals surface area contributed by atoms with Gasteiger partial charge in [-0.1, -0.05) is 53.7 Å². The second kappa shape index (κ2) is 16.4. The Labute approximate surface area is 116 Å². The molecule has 0 aromatic rings. The van der Waals surface area contributed by atoms with Gasteiger partial charge in [-0.3, -0.25) is 5.32 Å². The van der Waals surface area contributed by atoms with E-state index in [0.717, 1.165) is 6.61 Å². The van der Waals surface area contributed by atoms with Crippen LogP contribution in [0, 0.1) is 11.8 Å². The van der Waals surface area contributed by atoms with E-state index in [1.807, 2.05) is 13.8 Å². The van der Waals surface area contributed by atoms with Gasteiger partial charge in [-0.2, -0.15) is 0 Å². The molecule has 0 bridgehead atoms. The Bertz CT molecular complexity index is 176. The molecule has 0 aliphatic carbocycles. The van der Waals surface area contributed by atoms with Crippen LogP contribution < -0.4 is 5.32 Å². The van der Waals surface area contributed by atoms with E-state index in [-0.39, 0.29) is 0 Å². The van der Waals surface area contributed by atoms with E-state index in [0.29, 0.717) is 24.6 Å². The van der Waals surface area contributed by atoms with Gasteiger partial charge in [-0.25, -0.2) is 0 Å². The maximum atomic E-state index is 5.47. The predicted molar refractivity (Wildman–Crippen MR) is 84.8 cm³/mol. The molecule has 0 saturated heterocycles. The standard InChI is InChI=1S/C12H25NO.C2H6.C2H4/c1-9(2)7-14-8-13-12(10(3)4)11(5)6;2*1-2/h9,11-13H,3,7-8H2,1-2,4-6H3;1-2H3;1-2H2. The van der Waals surface area contributed by atoms with Gasteiger partial charge in [0.1, 0.15) is 0 Å². The first kappa shape index (κ1) is 22.6. The minimum atomic E-state index is 0.363. The summed E-state index contributed by atoms with van der Waals surface area (Å²) in [5.41, 5.74) is 1.17. The van der Waals surface area contributed by atoms with Crippen molar-refractivity contribution in [1.29, 1.82) is 0 Å². The lowest BCUT2D eigenvalue weighted by Gasteiger charge is -2.22. The summed E-state index contributed by atoms with van der Waals surface area (Å²) in [7, 11) is 0. The van der Waals surface area contributed by atoms with Gasteiger partial charge in [0.05, 0.1) is 13.3 Å². The van der Waals surface area contributed by atoms with Crippen molar-refractivity contribution >= 4 is 0 Å². The maximum absolute atomic E-state index is 5.47. The molecule has 1 unspecified atom stereocenters. The highest BCUT2D eigenvalue weighted by Crippen LogP contribution is 2.09. The Morgan fingerprint density at radius 2 is 1.56 bits per heavy atom. The van der Waals surface area contributed by atoms with E-state index in [9.17, 15) is 0 Å². The molecule has 1 N–H and O–H groups in total. The molecule has 2 nitrogen and oxygen atoms in total. The zero-order chi connectivity index (χ0) is 15.1. The van der Waals surface area contributed by atoms with Crippen molar-refractivity contribution in [2.45, 2.75) is 54.5 Å². The van der Waals surface area contributed by atoms with Gasteiger partial charge in [0.2, 0.25) is 0 Å². The third kappa shape index (κ3) is 15.4. The smallest absolute Gasteiger partial charge is 0.0970 e. The van der Waals surface area contributed by atoms with E-state index in [1.165, 1.54) is 5.57 Å². The number of ether oxygens (including phenoxy) is 1. The SMILES string of the molecule is C=C.C=C(C)C(NCOCC(C)C)C(C)C.CC. The Hall–Kier alpha value is -0.600. The largest absolute Gasteiger partial charge is 0.366 e. The molecular weight excluding hydrogens is 222 g/mol. The average Bonchev–Trinajstić information content (AvgIpc) is 2.32. The van der Waals surface area contributed by atoms with Crippen molar-refractivity contribution in [3.05, 3.63) is 25.3 Å². The maximum Gasteiger partial charge on any atom is 0.0970 e. The van der Waals surface area contributed by atoms with Crippen molar-refractivity contribution in [3.63, 3.8) is 0 Å². The van der Waals surface area contributed by atoms with Crippen molar-refractivity contribution in [2.24, 2.45) is 11.8 Å². The number of hydrogen-bond donors (Lipinski definition) is 1. The monoisotopic (exact) mass is 257 g/mol. The van der Waals surface area contributed by atoms with Crippen LogP contribution in [-0.2, 0) is 4.74 Å². The molecule has 0 aromatic heterocycles. The highest BCUT2D eigenvalue weighted by atomic mass is 16.5. The Kier molecular flexibility index (Phi) is 20.6. The fourth-order valence-corrected chi connectivity index (χ4v) is 1.42. The molecule has 0 amide bonds. The molecule has 0 fully saturated rings. The van der Waals surface area contributed by atoms with Crippen LogP contribution in [0.15, 0.2) is 25.3 Å². The molecule has 0 spiro atoms. The van der Waals surface area contributed by atoms with Crippen LogP contribution in [0.1, 0.15) is 48.5 Å². The van der Waals surface area contributed by atoms with Crippen LogP contribution in [0.25, 0.3) is 0 Å². The lowest BCUT2D eigenvalue weighted by Crippen LogP contribution is -2.36. The van der Waals surface area contributed by atoms with E-state index in [4.69, 9.17) is 4.74 Å². The normalized spacial score (nSPS) is 11.2. The topological polar surface area (TPSA) is 21.3 Å². The minimum absolute atomic E-state index is 0.363. The van der Waals surface area contributed by atoms with Crippen LogP contribution in [0.2, 0.25) is 0 Å². The Morgan fingerprint density at radius 1 is 1.11 bits per heavy atom. The van der Waals surface area contributed by atoms with Crippen molar-refractivity contribution < 1.29 is 4.74 Å². The summed E-state index contributed by atoms with van der Waals surface area (Å²) in [6.07, 6.45) is 0. The number of rotatable bonds is 7. The molecule has 0 rings (SSSR count). The molecule has 2 heteroatoms. The van der Waals surface area contributed by atoms with Crippen molar-refractivity contribution in [2.75, 3.05) is 13.3 Å². The molecular formula is C16H35NO. The van der Waals surface area contributed by atoms with Crippen LogP contribution >= 0.6 is 0 Å². The van der Waals surface area contributed by atoms with E-state index < -0.39 is 0 Å². The Morgan fingerprint density at radius 3 is 1.83 bits per heavy atom. The lowest BCUT2D eigenvalue weighted by atomic mass is 9.99. The van der Waals surface area contributed by atoms with Crippen LogP contribution in [0.4, 0.5) is 0 Å². The molecule has 18 heavy (non-hydrogen) atoms. The molecule has 0 aromatic carbocycles. The molecule has 0 aliphatic rings. The molecule has 0 aliphatic heterocycles. The molecule has 0 saturated carbocycles. The van der Waals surface area contributed by atoms with E-state index >= 15 is 0 Å². The molecule has 0 radical (unpaired) electrons. The minimum Gasteiger partial charge on any atom is -0.366 e. The van der Waals surface area contributed by atoms with E-state index in [2.05, 4.69) is 59.7 Å². The van der Waals surface area contributed by atoms with Gasteiger partial charge in [0.15, 0.2) is 0 Å². The van der Waals surface area contributed by atoms with Crippen molar-refractivity contribution in [3.8, 4) is 0 Å². The molecule has 110 valence electrons. The highest BCUT2D eigenvalue weighted by Gasteiger charge is 2.12. The third-order valence-corrected chi connectivity index (χ3v) is 2.05. The van der Waals surface area contributed by atoms with Crippen LogP contribution in [0.3, 0.4) is 0 Å². The third-order valence-electron chi connectivity index (χ3n) is 2.05. The van der Waals surface area contributed by atoms with E-state index in [1.54, 1.807) is 0 Å². The Balaban J connectivity index is -0.000000506. The van der Waals surface area contributed by atoms with Gasteiger partial charge >= 0.3 is 0 Å². The van der Waals surface area contributed by atoms with Crippen LogP contribution in [0.5, 0.6) is 0 Å². The fraction of sp³-hybridized carbons (Fsp3) is 0.750. The van der Waals surface area contributed by atoms with Crippen LogP contribution in [-0.4, -0.2) is 19.4 Å². The molecule has 1 atom stereocenters. The van der Waals surface area contributed by atoms with Gasteiger partial charge in [0, 0.05) is 6.04 Å². The summed E-state index contributed by atoms with van der Waals surface area (Å²) in [6.45, 7) is 26.1. The second-order valence-electron chi connectivity index (χ2n) is 4.68. The summed E-state index contributed by atoms with van der Waals surface area (Å²) >= 11 is 0. The number of nitrogens with one attached hydrogen (secondary N) is 1. The van der Waals surface area contributed by atoms with Gasteiger partial charge in [-0.15, -0.1) is 13.2 Å². The molecule has 0 heterocycles. The van der Waals surface area contributed by atoms with Gasteiger partial charge in [0.25, 0.3) is 0 Å². The second-order valence-corrected chi connectivity index (χ2v) is 4.68. The summed E-state index contributed by atoms with van der Waals surface area (Å²) in [5.74, 6) is 1.16. The summed E-state index contributed by atoms with van der Waals surface area (Å²) in [4.78, 5) is 0. The van der Waals surface area contributed by atoms with Gasteiger partial charge in [-0.05, 0) is 18.8 Å². The summed E-state index contributed by atoms with van der Waals surface area (Å²) in [6, 6.07) is 0.363. The average molecular weight is 257 g/mol. The quantitative estimate of drug-likeness (QED) is 0.408. The summed E-state index contributed by atoms with van der Waals surface area (Å²) in [5, 5.41) is 3.35. The fourth-order valence-electron chi connectivity index (χ4n) is 1.42. The lowest BCUT2D eigenvalue weighted by molar-refractivity contribution is 0.0860. The number of hydrogen-bond acceptors (Lipinski definition) is 2. The first-order valence-corrected chi connectivity index (χ1v) is 6.91.